The number of hydrogen-bond donors (Lipinski definition) is 3. The number of rotatable bonds is 11. The number of methoxy groups -OCH3 is 1. The third-order valence-electron chi connectivity index (χ3n) is 8.11. The van der Waals surface area contributed by atoms with E-state index in [0.29, 0.717) is 40.8 Å². The highest BCUT2D eigenvalue weighted by molar-refractivity contribution is 6.31. The molecule has 0 aliphatic carbocycles. The van der Waals surface area contributed by atoms with E-state index in [-0.39, 0.29) is 16.1 Å². The van der Waals surface area contributed by atoms with Crippen LogP contribution in [0.2, 0.25) is 5.02 Å². The van der Waals surface area contributed by atoms with E-state index < -0.39 is 11.8 Å². The van der Waals surface area contributed by atoms with Gasteiger partial charge in [0.1, 0.15) is 18.0 Å². The number of carbonyl (C=O) groups is 1. The molecule has 1 fully saturated rings. The average molecular weight is 706 g/mol. The van der Waals surface area contributed by atoms with Gasteiger partial charge in [-0.3, -0.25) is 4.90 Å². The minimum Gasteiger partial charge on any atom is -0.493 e. The normalized spacial score (nSPS) is 12.7. The minimum absolute atomic E-state index is 0. The number of halogens is 2. The fourth-order valence-corrected chi connectivity index (χ4v) is 5.43. The molecule has 0 saturated carbocycles. The molecule has 0 unspecified atom stereocenters. The Labute approximate surface area is 295 Å². The van der Waals surface area contributed by atoms with Crippen LogP contribution in [0.3, 0.4) is 0 Å². The van der Waals surface area contributed by atoms with Crippen molar-refractivity contribution in [2.45, 2.75) is 20.3 Å². The van der Waals surface area contributed by atoms with Crippen molar-refractivity contribution in [1.82, 2.24) is 14.9 Å². The predicted molar refractivity (Wildman–Crippen MR) is 194 cm³/mol. The number of hydrogen-bond acceptors (Lipinski definition) is 9. The van der Waals surface area contributed by atoms with Gasteiger partial charge in [0.15, 0.2) is 11.5 Å². The number of carboxylic acid groups (broad SMARTS) is 1. The smallest absolute Gasteiger partial charge is 0.337 e. The molecule has 11 nitrogen and oxygen atoms in total. The summed E-state index contributed by atoms with van der Waals surface area (Å²) in [4.78, 5) is 22.2. The molecule has 264 valence electrons. The van der Waals surface area contributed by atoms with Crippen molar-refractivity contribution in [3.63, 3.8) is 0 Å². The van der Waals surface area contributed by atoms with Gasteiger partial charge in [-0.1, -0.05) is 35.9 Å². The molecule has 2 heterocycles. The third kappa shape index (κ3) is 9.79. The second kappa shape index (κ2) is 18.1. The van der Waals surface area contributed by atoms with Gasteiger partial charge in [-0.25, -0.2) is 19.2 Å². The van der Waals surface area contributed by atoms with Crippen molar-refractivity contribution in [2.75, 3.05) is 57.2 Å². The molecule has 1 aliphatic heterocycles. The number of anilines is 4. The van der Waals surface area contributed by atoms with Crippen molar-refractivity contribution < 1.29 is 34.0 Å². The van der Waals surface area contributed by atoms with E-state index >= 15 is 0 Å². The summed E-state index contributed by atoms with van der Waals surface area (Å²) in [7, 11) is 1.60. The average Bonchev–Trinajstić information content (AvgIpc) is 3.11. The van der Waals surface area contributed by atoms with E-state index in [1.54, 1.807) is 31.4 Å². The first-order valence-electron chi connectivity index (χ1n) is 15.9. The van der Waals surface area contributed by atoms with E-state index in [9.17, 15) is 9.18 Å². The van der Waals surface area contributed by atoms with Crippen LogP contribution in [0.15, 0.2) is 79.1 Å². The zero-order valence-corrected chi connectivity index (χ0v) is 28.9. The lowest BCUT2D eigenvalue weighted by molar-refractivity contribution is 0.0357. The van der Waals surface area contributed by atoms with Crippen molar-refractivity contribution in [2.24, 2.45) is 0 Å². The first kappa shape index (κ1) is 37.8. The minimum atomic E-state index is -0.927. The molecule has 1 saturated heterocycles. The highest BCUT2D eigenvalue weighted by atomic mass is 35.5. The zero-order chi connectivity index (χ0) is 34.8. The van der Waals surface area contributed by atoms with Gasteiger partial charge in [0.05, 0.1) is 48.7 Å². The summed E-state index contributed by atoms with van der Waals surface area (Å²) in [6, 6.07) is 20.9. The van der Waals surface area contributed by atoms with Crippen LogP contribution in [-0.2, 0) is 4.74 Å². The Morgan fingerprint density at radius 1 is 0.980 bits per heavy atom. The molecular weight excluding hydrogens is 665 g/mol. The molecule has 0 radical (unpaired) electrons. The maximum absolute atomic E-state index is 13.5. The van der Waals surface area contributed by atoms with Gasteiger partial charge in [-0.2, -0.15) is 0 Å². The highest BCUT2D eigenvalue weighted by Gasteiger charge is 2.14. The van der Waals surface area contributed by atoms with Crippen LogP contribution < -0.4 is 20.1 Å². The Hall–Kier alpha value is -5.01. The molecule has 13 heteroatoms. The number of para-hydroxylation sites is 1. The van der Waals surface area contributed by atoms with Gasteiger partial charge < -0.3 is 35.4 Å². The van der Waals surface area contributed by atoms with E-state index in [0.717, 1.165) is 55.9 Å². The molecule has 50 heavy (non-hydrogen) atoms. The number of fused-ring (bicyclic) bond motifs is 1. The lowest BCUT2D eigenvalue weighted by Crippen LogP contribution is -2.37. The molecule has 5 N–H and O–H groups in total. The van der Waals surface area contributed by atoms with Gasteiger partial charge in [0.25, 0.3) is 0 Å². The number of benzene rings is 4. The number of aromatic carboxylic acids is 1. The Morgan fingerprint density at radius 3 is 2.48 bits per heavy atom. The first-order valence-corrected chi connectivity index (χ1v) is 16.2. The maximum Gasteiger partial charge on any atom is 0.337 e. The molecular formula is C37H41ClFN5O6. The second-order valence-electron chi connectivity index (χ2n) is 11.4. The second-order valence-corrected chi connectivity index (χ2v) is 11.8. The molecule has 0 spiro atoms. The Kier molecular flexibility index (Phi) is 13.7. The fourth-order valence-electron chi connectivity index (χ4n) is 5.25. The Morgan fingerprint density at radius 2 is 1.74 bits per heavy atom. The molecule has 5 aromatic rings. The lowest BCUT2D eigenvalue weighted by Gasteiger charge is -2.26. The van der Waals surface area contributed by atoms with Crippen LogP contribution in [0.4, 0.5) is 27.3 Å². The quantitative estimate of drug-likeness (QED) is 0.121. The van der Waals surface area contributed by atoms with Gasteiger partial charge >= 0.3 is 5.97 Å². The molecule has 4 aromatic carbocycles. The van der Waals surface area contributed by atoms with Crippen LogP contribution >= 0.6 is 11.6 Å². The topological polar surface area (TPSA) is 150 Å². The third-order valence-corrected chi connectivity index (χ3v) is 8.40. The van der Waals surface area contributed by atoms with E-state index in [4.69, 9.17) is 30.9 Å². The monoisotopic (exact) mass is 705 g/mol. The number of ether oxygens (including phenoxy) is 3. The first-order chi connectivity index (χ1) is 23.7. The summed E-state index contributed by atoms with van der Waals surface area (Å²) in [5.41, 5.74) is 5.43. The number of aryl methyl sites for hydroxylation is 1. The summed E-state index contributed by atoms with van der Waals surface area (Å²) >= 11 is 5.90. The summed E-state index contributed by atoms with van der Waals surface area (Å²) < 4.78 is 30.4. The van der Waals surface area contributed by atoms with Crippen molar-refractivity contribution in [1.29, 1.82) is 0 Å². The lowest BCUT2D eigenvalue weighted by atomic mass is 10.1. The molecule has 0 amide bonds. The van der Waals surface area contributed by atoms with Gasteiger partial charge in [0, 0.05) is 42.5 Å². The van der Waals surface area contributed by atoms with Crippen LogP contribution in [-0.4, -0.2) is 78.0 Å². The number of nitrogens with one attached hydrogen (secondary N) is 2. The van der Waals surface area contributed by atoms with Crippen molar-refractivity contribution >= 4 is 51.4 Å². The van der Waals surface area contributed by atoms with E-state index in [2.05, 4.69) is 25.5 Å². The number of carboxylic acids is 1. The molecule has 1 aliphatic rings. The van der Waals surface area contributed by atoms with Crippen molar-refractivity contribution in [3.8, 4) is 11.5 Å². The Balaban J connectivity index is 0.000000253. The SMILES string of the molecule is COc1cc2ncnc(Nc3ccc(F)c(Cl)c3)c2cc1OCCCN1CCOCC1.Cc1cccc(Nc2ccccc2C(=O)O)c1C.O. The molecule has 6 rings (SSSR count). The van der Waals surface area contributed by atoms with E-state index in [1.165, 1.54) is 24.0 Å². The highest BCUT2D eigenvalue weighted by Crippen LogP contribution is 2.35. The van der Waals surface area contributed by atoms with Crippen LogP contribution in [0.1, 0.15) is 27.9 Å². The standard InChI is InChI=1S/C22H24ClFN4O3.C15H15NO2.H2O/c1-29-20-13-19-16(12-21(20)31-8-2-5-28-6-9-30-10-7-28)22(26-14-25-19)27-15-3-4-18(24)17(23)11-15;1-10-6-5-9-13(11(10)2)16-14-8-4-3-7-12(14)15(17)18;/h3-4,11-14H,2,5-10H2,1H3,(H,25,26,27);3-9,16H,1-2H3,(H,17,18);1H2. The molecule has 0 atom stereocenters. The number of nitrogens with zero attached hydrogens (tertiary/aromatic N) is 3. The van der Waals surface area contributed by atoms with Gasteiger partial charge in [-0.05, 0) is 73.9 Å². The summed E-state index contributed by atoms with van der Waals surface area (Å²) in [5, 5.41) is 16.3. The van der Waals surface area contributed by atoms with E-state index in [1.807, 2.05) is 50.2 Å². The number of morpholine rings is 1. The Bertz CT molecular complexity index is 1910. The van der Waals surface area contributed by atoms with Crippen LogP contribution in [0.25, 0.3) is 10.9 Å². The predicted octanol–water partition coefficient (Wildman–Crippen LogP) is 7.20. The summed E-state index contributed by atoms with van der Waals surface area (Å²) in [5.74, 6) is 0.384. The van der Waals surface area contributed by atoms with Crippen LogP contribution in [0, 0.1) is 19.7 Å². The maximum atomic E-state index is 13.5. The van der Waals surface area contributed by atoms with Gasteiger partial charge in [-0.15, -0.1) is 0 Å². The summed E-state index contributed by atoms with van der Waals surface area (Å²) in [6.07, 6.45) is 2.35. The number of aromatic nitrogens is 2. The molecule has 0 bridgehead atoms. The largest absolute Gasteiger partial charge is 0.493 e. The summed E-state index contributed by atoms with van der Waals surface area (Å²) in [6.45, 7) is 9.05. The zero-order valence-electron chi connectivity index (χ0n) is 28.1. The van der Waals surface area contributed by atoms with Crippen LogP contribution in [0.5, 0.6) is 11.5 Å². The molecule has 1 aromatic heterocycles. The van der Waals surface area contributed by atoms with Crippen molar-refractivity contribution in [3.05, 3.63) is 107 Å². The fraction of sp³-hybridized carbons (Fsp3) is 0.270. The van der Waals surface area contributed by atoms with Gasteiger partial charge in [0.2, 0.25) is 0 Å².